The average molecular weight is 235 g/mol. The van der Waals surface area contributed by atoms with Crippen molar-refractivity contribution in [1.82, 2.24) is 4.37 Å². The highest BCUT2D eigenvalue weighted by Gasteiger charge is 2.21. The summed E-state index contributed by atoms with van der Waals surface area (Å²) in [4.78, 5) is 0. The molecule has 4 heteroatoms. The summed E-state index contributed by atoms with van der Waals surface area (Å²) in [5.41, 5.74) is 6.80. The molecule has 0 amide bonds. The van der Waals surface area contributed by atoms with Crippen LogP contribution in [0, 0.1) is 0 Å². The van der Waals surface area contributed by atoms with E-state index in [2.05, 4.69) is 29.6 Å². The summed E-state index contributed by atoms with van der Waals surface area (Å²) in [6.07, 6.45) is 0.996. The fraction of sp³-hybridized carbons (Fsp3) is 0.417. The summed E-state index contributed by atoms with van der Waals surface area (Å²) in [6.45, 7) is 4.90. The van der Waals surface area contributed by atoms with E-state index in [0.29, 0.717) is 6.54 Å². The van der Waals surface area contributed by atoms with E-state index in [9.17, 15) is 0 Å². The lowest BCUT2D eigenvalue weighted by Gasteiger charge is -2.28. The Balaban J connectivity index is 2.34. The van der Waals surface area contributed by atoms with E-state index < -0.39 is 0 Å². The van der Waals surface area contributed by atoms with Gasteiger partial charge in [0, 0.05) is 17.5 Å². The Morgan fingerprint density at radius 1 is 1.44 bits per heavy atom. The molecule has 2 aromatic rings. The van der Waals surface area contributed by atoms with Gasteiger partial charge in [0.05, 0.1) is 5.52 Å². The topological polar surface area (TPSA) is 50.9 Å². The second kappa shape index (κ2) is 4.39. The van der Waals surface area contributed by atoms with Gasteiger partial charge in [-0.05, 0) is 37.0 Å². The Morgan fingerprint density at radius 3 is 2.88 bits per heavy atom. The Hall–Kier alpha value is -1.13. The van der Waals surface area contributed by atoms with Crippen LogP contribution in [0.2, 0.25) is 0 Å². The molecule has 0 bridgehead atoms. The van der Waals surface area contributed by atoms with Crippen LogP contribution >= 0.6 is 11.5 Å². The lowest BCUT2D eigenvalue weighted by atomic mass is 9.99. The number of fused-ring (bicyclic) bond motifs is 1. The second-order valence-corrected chi connectivity index (χ2v) is 5.05. The van der Waals surface area contributed by atoms with Crippen LogP contribution in [0.25, 0.3) is 10.9 Å². The number of nitrogens with two attached hydrogens (primary N) is 1. The predicted octanol–water partition coefficient (Wildman–Crippen LogP) is 2.84. The number of rotatable bonds is 4. The van der Waals surface area contributed by atoms with Gasteiger partial charge >= 0.3 is 0 Å². The van der Waals surface area contributed by atoms with Crippen LogP contribution in [-0.4, -0.2) is 16.5 Å². The molecule has 3 nitrogen and oxygen atoms in total. The molecule has 1 aromatic heterocycles. The number of nitrogens with zero attached hydrogens (tertiary/aromatic N) is 1. The summed E-state index contributed by atoms with van der Waals surface area (Å²) in [5.74, 6) is 0. The Bertz CT molecular complexity index is 474. The minimum Gasteiger partial charge on any atom is -0.369 e. The maximum Gasteiger partial charge on any atom is 0.117 e. The first kappa shape index (κ1) is 11.4. The first-order valence-electron chi connectivity index (χ1n) is 5.51. The Kier molecular flexibility index (Phi) is 3.12. The van der Waals surface area contributed by atoms with Crippen LogP contribution in [0.3, 0.4) is 0 Å². The van der Waals surface area contributed by atoms with E-state index in [1.165, 1.54) is 16.9 Å². The van der Waals surface area contributed by atoms with Gasteiger partial charge in [0.2, 0.25) is 0 Å². The fourth-order valence-electron chi connectivity index (χ4n) is 1.54. The van der Waals surface area contributed by atoms with Crippen molar-refractivity contribution in [2.45, 2.75) is 25.8 Å². The van der Waals surface area contributed by atoms with Crippen LogP contribution in [-0.2, 0) is 0 Å². The van der Waals surface area contributed by atoms with Crippen molar-refractivity contribution in [2.24, 2.45) is 5.73 Å². The zero-order chi connectivity index (χ0) is 11.6. The van der Waals surface area contributed by atoms with Crippen LogP contribution in [0.15, 0.2) is 24.3 Å². The van der Waals surface area contributed by atoms with Gasteiger partial charge in [0.25, 0.3) is 0 Å². The smallest absolute Gasteiger partial charge is 0.117 e. The third-order valence-electron chi connectivity index (χ3n) is 3.03. The molecule has 0 aliphatic carbocycles. The van der Waals surface area contributed by atoms with Gasteiger partial charge in [-0.15, -0.1) is 0 Å². The minimum atomic E-state index is -0.0463. The van der Waals surface area contributed by atoms with Crippen molar-refractivity contribution in [2.75, 3.05) is 11.9 Å². The molecule has 0 saturated carbocycles. The first-order chi connectivity index (χ1) is 7.68. The van der Waals surface area contributed by atoms with E-state index in [0.717, 1.165) is 16.9 Å². The minimum absolute atomic E-state index is 0.0463. The Morgan fingerprint density at radius 2 is 2.19 bits per heavy atom. The van der Waals surface area contributed by atoms with Gasteiger partial charge in [-0.1, -0.05) is 19.1 Å². The largest absolute Gasteiger partial charge is 0.369 e. The van der Waals surface area contributed by atoms with Crippen LogP contribution in [0.1, 0.15) is 20.3 Å². The lowest BCUT2D eigenvalue weighted by molar-refractivity contribution is 0.508. The average Bonchev–Trinajstić information content (AvgIpc) is 2.73. The van der Waals surface area contributed by atoms with E-state index in [1.807, 2.05) is 18.2 Å². The van der Waals surface area contributed by atoms with Crippen molar-refractivity contribution >= 4 is 27.4 Å². The van der Waals surface area contributed by atoms with Crippen LogP contribution in [0.5, 0.6) is 0 Å². The maximum absolute atomic E-state index is 5.80. The lowest BCUT2D eigenvalue weighted by Crippen LogP contribution is -2.41. The Labute approximate surface area is 99.8 Å². The molecule has 0 aliphatic rings. The molecule has 1 atom stereocenters. The highest BCUT2D eigenvalue weighted by atomic mass is 32.1. The van der Waals surface area contributed by atoms with E-state index in [-0.39, 0.29) is 5.54 Å². The van der Waals surface area contributed by atoms with E-state index in [1.54, 1.807) is 0 Å². The summed E-state index contributed by atoms with van der Waals surface area (Å²) in [7, 11) is 0. The van der Waals surface area contributed by atoms with Gasteiger partial charge in [-0.3, -0.25) is 0 Å². The van der Waals surface area contributed by atoms with Crippen LogP contribution in [0.4, 0.5) is 5.00 Å². The van der Waals surface area contributed by atoms with Crippen molar-refractivity contribution in [3.8, 4) is 0 Å². The normalized spacial score (nSPS) is 14.9. The van der Waals surface area contributed by atoms with Gasteiger partial charge in [-0.25, -0.2) is 0 Å². The molecule has 1 unspecified atom stereocenters. The monoisotopic (exact) mass is 235 g/mol. The maximum atomic E-state index is 5.80. The molecule has 0 saturated heterocycles. The van der Waals surface area contributed by atoms with Gasteiger partial charge in [0.15, 0.2) is 0 Å². The predicted molar refractivity (Wildman–Crippen MR) is 71.0 cm³/mol. The molecule has 0 radical (unpaired) electrons. The zero-order valence-electron chi connectivity index (χ0n) is 9.66. The summed E-state index contributed by atoms with van der Waals surface area (Å²) in [6, 6.07) is 8.16. The molecule has 0 fully saturated rings. The third-order valence-corrected chi connectivity index (χ3v) is 3.82. The molecule has 0 aliphatic heterocycles. The second-order valence-electron chi connectivity index (χ2n) is 4.27. The SMILES string of the molecule is CCC(C)(CN)Nc1snc2ccccc12. The van der Waals surface area contributed by atoms with E-state index in [4.69, 9.17) is 5.73 Å². The highest BCUT2D eigenvalue weighted by Crippen LogP contribution is 2.30. The van der Waals surface area contributed by atoms with Crippen molar-refractivity contribution in [3.05, 3.63) is 24.3 Å². The number of aromatic nitrogens is 1. The van der Waals surface area contributed by atoms with Crippen LogP contribution < -0.4 is 11.1 Å². The first-order valence-corrected chi connectivity index (χ1v) is 6.28. The highest BCUT2D eigenvalue weighted by molar-refractivity contribution is 7.11. The third kappa shape index (κ3) is 2.03. The molecule has 1 aromatic carbocycles. The molecular weight excluding hydrogens is 218 g/mol. The zero-order valence-corrected chi connectivity index (χ0v) is 10.5. The standard InChI is InChI=1S/C12H17N3S/c1-3-12(2,8-13)14-11-9-6-4-5-7-10(9)15-16-11/h4-7,14H,3,8,13H2,1-2H3. The molecular formula is C12H17N3S. The number of hydrogen-bond donors (Lipinski definition) is 2. The number of anilines is 1. The van der Waals surface area contributed by atoms with E-state index >= 15 is 0 Å². The molecule has 0 spiro atoms. The van der Waals surface area contributed by atoms with Gasteiger partial charge in [-0.2, -0.15) is 4.37 Å². The fourth-order valence-corrected chi connectivity index (χ4v) is 2.45. The van der Waals surface area contributed by atoms with Gasteiger partial charge < -0.3 is 11.1 Å². The van der Waals surface area contributed by atoms with Gasteiger partial charge in [0.1, 0.15) is 5.00 Å². The molecule has 3 N–H and O–H groups in total. The number of hydrogen-bond acceptors (Lipinski definition) is 4. The molecule has 16 heavy (non-hydrogen) atoms. The molecule has 2 rings (SSSR count). The van der Waals surface area contributed by atoms with Crippen molar-refractivity contribution < 1.29 is 0 Å². The molecule has 1 heterocycles. The quantitative estimate of drug-likeness (QED) is 0.856. The summed E-state index contributed by atoms with van der Waals surface area (Å²) >= 11 is 1.50. The summed E-state index contributed by atoms with van der Waals surface area (Å²) in [5, 5.41) is 5.81. The van der Waals surface area contributed by atoms with Crippen molar-refractivity contribution in [1.29, 1.82) is 0 Å². The number of benzene rings is 1. The molecule has 86 valence electrons. The van der Waals surface area contributed by atoms with Crippen molar-refractivity contribution in [3.63, 3.8) is 0 Å². The number of nitrogens with one attached hydrogen (secondary N) is 1. The summed E-state index contributed by atoms with van der Waals surface area (Å²) < 4.78 is 4.41.